The van der Waals surface area contributed by atoms with Crippen molar-refractivity contribution in [1.29, 1.82) is 0 Å². The summed E-state index contributed by atoms with van der Waals surface area (Å²) in [6.45, 7) is 0.378. The number of ether oxygens (including phenoxy) is 1. The molecule has 12 heteroatoms. The molecule has 0 saturated carbocycles. The Kier molecular flexibility index (Phi) is 6.17. The number of nitroso groups, excluding NO2 is 1. The van der Waals surface area contributed by atoms with Crippen molar-refractivity contribution in [2.24, 2.45) is 5.29 Å². The van der Waals surface area contributed by atoms with Crippen LogP contribution in [0.25, 0.3) is 11.2 Å². The van der Waals surface area contributed by atoms with E-state index in [2.05, 4.69) is 30.5 Å². The first-order chi connectivity index (χ1) is 13.6. The molecule has 1 aromatic carbocycles. The maximum atomic E-state index is 12.0. The van der Waals surface area contributed by atoms with Crippen molar-refractivity contribution in [2.75, 3.05) is 18.2 Å². The molecule has 0 aliphatic carbocycles. The fourth-order valence-electron chi connectivity index (χ4n) is 2.47. The van der Waals surface area contributed by atoms with Crippen molar-refractivity contribution in [3.63, 3.8) is 0 Å². The molecule has 0 radical (unpaired) electrons. The number of nitrogens with zero attached hydrogens (tertiary/aromatic N) is 5. The fourth-order valence-corrected chi connectivity index (χ4v) is 2.63. The van der Waals surface area contributed by atoms with E-state index in [9.17, 15) is 9.70 Å². The third kappa shape index (κ3) is 4.43. The number of nitrogens with one attached hydrogen (secondary N) is 2. The second-order valence-corrected chi connectivity index (χ2v) is 5.98. The van der Waals surface area contributed by atoms with E-state index in [4.69, 9.17) is 22.1 Å². The minimum atomic E-state index is -0.630. The maximum absolute atomic E-state index is 12.0. The van der Waals surface area contributed by atoms with E-state index in [0.29, 0.717) is 11.2 Å². The van der Waals surface area contributed by atoms with E-state index >= 15 is 0 Å². The molecule has 0 spiro atoms. The molecule has 0 bridgehead atoms. The summed E-state index contributed by atoms with van der Waals surface area (Å²) < 4.78 is 5.79. The third-order valence-electron chi connectivity index (χ3n) is 3.81. The monoisotopic (exact) mass is 404 g/mol. The maximum Gasteiger partial charge on any atom is 0.340 e. The average Bonchev–Trinajstić information content (AvgIpc) is 3.17. The molecule has 2 aromatic heterocycles. The van der Waals surface area contributed by atoms with Gasteiger partial charge in [-0.05, 0) is 11.1 Å². The number of aromatic amines is 1. The molecule has 2 amide bonds. The number of H-pyrrole nitrogens is 1. The van der Waals surface area contributed by atoms with Crippen LogP contribution < -0.4 is 15.8 Å². The van der Waals surface area contributed by atoms with E-state index < -0.39 is 6.03 Å². The Hall–Kier alpha value is -3.47. The predicted molar refractivity (Wildman–Crippen MR) is 102 cm³/mol. The predicted octanol–water partition coefficient (Wildman–Crippen LogP) is 1.95. The zero-order chi connectivity index (χ0) is 19.9. The first-order valence-electron chi connectivity index (χ1n) is 8.23. The second kappa shape index (κ2) is 8.95. The summed E-state index contributed by atoms with van der Waals surface area (Å²) in [5.41, 5.74) is 8.24. The number of carbonyl (C=O) groups excluding carboxylic acids is 1. The Bertz CT molecular complexity index is 979. The number of hydrogen-bond donors (Lipinski definition) is 3. The summed E-state index contributed by atoms with van der Waals surface area (Å²) >= 11 is 5.54. The lowest BCUT2D eigenvalue weighted by Crippen LogP contribution is -2.37. The van der Waals surface area contributed by atoms with Gasteiger partial charge in [0.05, 0.1) is 18.2 Å². The molecule has 2 heterocycles. The minimum absolute atomic E-state index is 0.0248. The van der Waals surface area contributed by atoms with Crippen molar-refractivity contribution >= 4 is 34.7 Å². The molecule has 3 rings (SSSR count). The van der Waals surface area contributed by atoms with Crippen LogP contribution in [0.5, 0.6) is 5.88 Å². The van der Waals surface area contributed by atoms with Crippen LogP contribution in [0.1, 0.15) is 11.1 Å². The van der Waals surface area contributed by atoms with Crippen molar-refractivity contribution in [2.45, 2.75) is 13.2 Å². The topological polar surface area (TPSA) is 151 Å². The van der Waals surface area contributed by atoms with Crippen LogP contribution in [0.3, 0.4) is 0 Å². The van der Waals surface area contributed by atoms with Gasteiger partial charge in [0, 0.05) is 12.4 Å². The van der Waals surface area contributed by atoms with Gasteiger partial charge in [-0.1, -0.05) is 24.3 Å². The van der Waals surface area contributed by atoms with Crippen LogP contribution >= 0.6 is 11.6 Å². The number of aromatic nitrogens is 4. The highest BCUT2D eigenvalue weighted by atomic mass is 35.5. The van der Waals surface area contributed by atoms with Gasteiger partial charge in [0.1, 0.15) is 12.1 Å². The molecule has 28 heavy (non-hydrogen) atoms. The molecule has 0 aliphatic rings. The van der Waals surface area contributed by atoms with Gasteiger partial charge in [0.25, 0.3) is 0 Å². The zero-order valence-electron chi connectivity index (χ0n) is 14.6. The van der Waals surface area contributed by atoms with Crippen LogP contribution in [-0.4, -0.2) is 43.4 Å². The minimum Gasteiger partial charge on any atom is -0.471 e. The lowest BCUT2D eigenvalue weighted by molar-refractivity contribution is 0.201. The van der Waals surface area contributed by atoms with Gasteiger partial charge in [-0.15, -0.1) is 16.5 Å². The van der Waals surface area contributed by atoms with Gasteiger partial charge in [-0.3, -0.25) is 0 Å². The van der Waals surface area contributed by atoms with Crippen LogP contribution in [0.2, 0.25) is 0 Å². The zero-order valence-corrected chi connectivity index (χ0v) is 15.4. The van der Waals surface area contributed by atoms with Crippen LogP contribution in [0.15, 0.2) is 35.9 Å². The standard InChI is InChI=1S/C16H17ClN8O3/c17-5-6-25(24-27)16(26)19-7-10-3-1-2-4-11(10)8-28-14-12-13(21-9-20-12)22-15(18)23-14/h1-4,9H,5-8H2,(H,19,26)(H3,18,20,21,22,23). The lowest BCUT2D eigenvalue weighted by atomic mass is 10.1. The number of nitrogens with two attached hydrogens (primary N) is 1. The number of amides is 2. The van der Waals surface area contributed by atoms with Gasteiger partial charge >= 0.3 is 6.03 Å². The molecule has 0 unspecified atom stereocenters. The molecule has 3 aromatic rings. The van der Waals surface area contributed by atoms with Gasteiger partial charge < -0.3 is 20.8 Å². The normalized spacial score (nSPS) is 10.6. The summed E-state index contributed by atoms with van der Waals surface area (Å²) in [5, 5.41) is 6.00. The summed E-state index contributed by atoms with van der Waals surface area (Å²) in [6, 6.07) is 6.73. The fraction of sp³-hybridized carbons (Fsp3) is 0.250. The number of benzene rings is 1. The number of urea groups is 1. The molecule has 146 valence electrons. The van der Waals surface area contributed by atoms with Crippen molar-refractivity contribution in [1.82, 2.24) is 30.3 Å². The Morgan fingerprint density at radius 3 is 2.86 bits per heavy atom. The quantitative estimate of drug-likeness (QED) is 0.294. The summed E-state index contributed by atoms with van der Waals surface area (Å²) in [5.74, 6) is 0.432. The van der Waals surface area contributed by atoms with Crippen LogP contribution in [0.4, 0.5) is 10.7 Å². The van der Waals surface area contributed by atoms with Crippen molar-refractivity contribution < 1.29 is 9.53 Å². The molecule has 0 atom stereocenters. The lowest BCUT2D eigenvalue weighted by Gasteiger charge is -2.15. The van der Waals surface area contributed by atoms with Crippen LogP contribution in [-0.2, 0) is 13.2 Å². The number of alkyl halides is 1. The van der Waals surface area contributed by atoms with E-state index in [0.717, 1.165) is 16.1 Å². The highest BCUT2D eigenvalue weighted by Crippen LogP contribution is 2.21. The number of anilines is 1. The van der Waals surface area contributed by atoms with Crippen molar-refractivity contribution in [3.8, 4) is 5.88 Å². The van der Waals surface area contributed by atoms with Crippen LogP contribution in [0, 0.1) is 4.91 Å². The summed E-state index contributed by atoms with van der Waals surface area (Å²) in [7, 11) is 0. The molecule has 11 nitrogen and oxygen atoms in total. The first-order valence-corrected chi connectivity index (χ1v) is 8.76. The largest absolute Gasteiger partial charge is 0.471 e. The third-order valence-corrected chi connectivity index (χ3v) is 3.98. The Morgan fingerprint density at radius 2 is 2.11 bits per heavy atom. The second-order valence-electron chi connectivity index (χ2n) is 5.60. The van der Waals surface area contributed by atoms with Gasteiger partial charge in [-0.2, -0.15) is 15.0 Å². The van der Waals surface area contributed by atoms with Gasteiger partial charge in [0.2, 0.25) is 11.8 Å². The summed E-state index contributed by atoms with van der Waals surface area (Å²) in [6.07, 6.45) is 1.47. The number of halogens is 1. The SMILES string of the molecule is Nc1nc(OCc2ccccc2CNC(=O)N(CCCl)N=O)c2[nH]cnc2n1. The smallest absolute Gasteiger partial charge is 0.340 e. The van der Waals surface area contributed by atoms with E-state index in [1.165, 1.54) is 6.33 Å². The van der Waals surface area contributed by atoms with Gasteiger partial charge in [0.15, 0.2) is 5.65 Å². The molecule has 0 fully saturated rings. The van der Waals surface area contributed by atoms with E-state index in [1.54, 1.807) is 0 Å². The summed E-state index contributed by atoms with van der Waals surface area (Å²) in [4.78, 5) is 37.7. The van der Waals surface area contributed by atoms with Gasteiger partial charge in [-0.25, -0.2) is 9.78 Å². The molecule has 0 aliphatic heterocycles. The Balaban J connectivity index is 1.69. The molecule has 0 saturated heterocycles. The highest BCUT2D eigenvalue weighted by Gasteiger charge is 2.14. The number of fused-ring (bicyclic) bond motifs is 1. The Morgan fingerprint density at radius 1 is 1.32 bits per heavy atom. The Labute approximate surface area is 164 Å². The van der Waals surface area contributed by atoms with E-state index in [-0.39, 0.29) is 37.4 Å². The highest BCUT2D eigenvalue weighted by molar-refractivity contribution is 6.18. The number of nitrogen functional groups attached to an aromatic ring is 1. The number of imidazole rings is 1. The molecule has 4 N–H and O–H groups in total. The number of hydrogen-bond acceptors (Lipinski definition) is 8. The average molecular weight is 405 g/mol. The molecular weight excluding hydrogens is 388 g/mol. The first kappa shape index (κ1) is 19.3. The number of carbonyl (C=O) groups is 1. The van der Waals surface area contributed by atoms with Crippen molar-refractivity contribution in [3.05, 3.63) is 46.6 Å². The number of rotatable bonds is 8. The van der Waals surface area contributed by atoms with E-state index in [1.807, 2.05) is 24.3 Å². The molecular formula is C16H17ClN8O3.